The highest BCUT2D eigenvalue weighted by Crippen LogP contribution is 2.10. The van der Waals surface area contributed by atoms with Crippen LogP contribution in [0.25, 0.3) is 0 Å². The van der Waals surface area contributed by atoms with E-state index in [-0.39, 0.29) is 11.9 Å². The van der Waals surface area contributed by atoms with Crippen molar-refractivity contribution in [2.75, 3.05) is 7.05 Å². The maximum Gasteiger partial charge on any atom is 0.314 e. The number of nitrogens with zero attached hydrogens (tertiary/aromatic N) is 1. The molecule has 0 spiro atoms. The van der Waals surface area contributed by atoms with Gasteiger partial charge >= 0.3 is 5.97 Å². The van der Waals surface area contributed by atoms with Crippen LogP contribution in [0.15, 0.2) is 35.3 Å². The third-order valence-electron chi connectivity index (χ3n) is 2.77. The molecule has 0 fully saturated rings. The van der Waals surface area contributed by atoms with Crippen LogP contribution in [0.4, 0.5) is 0 Å². The number of esters is 1. The summed E-state index contributed by atoms with van der Waals surface area (Å²) >= 11 is 0. The zero-order valence-electron chi connectivity index (χ0n) is 10.6. The molecular weight excluding hydrogens is 214 g/mol. The first kappa shape index (κ1) is 13.4. The zero-order valence-corrected chi connectivity index (χ0v) is 10.6. The summed E-state index contributed by atoms with van der Waals surface area (Å²) in [4.78, 5) is 15.9. The highest BCUT2D eigenvalue weighted by atomic mass is 16.5. The van der Waals surface area contributed by atoms with Crippen molar-refractivity contribution >= 4 is 11.7 Å². The van der Waals surface area contributed by atoms with Gasteiger partial charge in [-0.2, -0.15) is 0 Å². The van der Waals surface area contributed by atoms with Crippen LogP contribution >= 0.6 is 0 Å². The fourth-order valence-electron chi connectivity index (χ4n) is 1.62. The van der Waals surface area contributed by atoms with Crippen LogP contribution in [-0.4, -0.2) is 18.7 Å². The van der Waals surface area contributed by atoms with E-state index < -0.39 is 0 Å². The summed E-state index contributed by atoms with van der Waals surface area (Å²) in [5.41, 5.74) is 1.83. The van der Waals surface area contributed by atoms with Gasteiger partial charge < -0.3 is 4.74 Å². The molecule has 0 saturated carbocycles. The Morgan fingerprint density at radius 2 is 2.00 bits per heavy atom. The minimum atomic E-state index is -0.219. The van der Waals surface area contributed by atoms with Gasteiger partial charge in [-0.3, -0.25) is 9.79 Å². The molecule has 0 aliphatic rings. The topological polar surface area (TPSA) is 38.7 Å². The average Bonchev–Trinajstić information content (AvgIpc) is 2.38. The van der Waals surface area contributed by atoms with Gasteiger partial charge in [0.2, 0.25) is 0 Å². The van der Waals surface area contributed by atoms with Crippen molar-refractivity contribution in [1.29, 1.82) is 0 Å². The molecule has 0 aliphatic heterocycles. The third kappa shape index (κ3) is 4.02. The van der Waals surface area contributed by atoms with Crippen LogP contribution in [-0.2, 0) is 16.1 Å². The Labute approximate surface area is 103 Å². The second kappa shape index (κ2) is 6.84. The fourth-order valence-corrected chi connectivity index (χ4v) is 1.62. The van der Waals surface area contributed by atoms with E-state index in [0.717, 1.165) is 17.7 Å². The number of ether oxygens (including phenoxy) is 1. The molecule has 0 aromatic heterocycles. The minimum Gasteiger partial charge on any atom is -0.460 e. The summed E-state index contributed by atoms with van der Waals surface area (Å²) < 4.78 is 5.28. The predicted octanol–water partition coefficient (Wildman–Crippen LogP) is 2.85. The molecule has 1 unspecified atom stereocenters. The molecule has 0 saturated heterocycles. The molecule has 0 heterocycles. The van der Waals surface area contributed by atoms with Gasteiger partial charge in [0, 0.05) is 12.8 Å². The first-order valence-corrected chi connectivity index (χ1v) is 5.82. The van der Waals surface area contributed by atoms with Gasteiger partial charge in [-0.1, -0.05) is 37.3 Å². The molecule has 0 N–H and O–H groups in total. The van der Waals surface area contributed by atoms with Gasteiger partial charge in [-0.05, 0) is 18.9 Å². The van der Waals surface area contributed by atoms with Crippen molar-refractivity contribution in [3.05, 3.63) is 35.9 Å². The number of hydrogen-bond donors (Lipinski definition) is 0. The van der Waals surface area contributed by atoms with Crippen molar-refractivity contribution in [1.82, 2.24) is 0 Å². The lowest BCUT2D eigenvalue weighted by Crippen LogP contribution is -2.23. The number of aliphatic imine (C=N–C) groups is 1. The largest absolute Gasteiger partial charge is 0.460 e. The van der Waals surface area contributed by atoms with Gasteiger partial charge in [0.25, 0.3) is 0 Å². The van der Waals surface area contributed by atoms with E-state index in [1.54, 1.807) is 7.05 Å². The third-order valence-corrected chi connectivity index (χ3v) is 2.77. The van der Waals surface area contributed by atoms with E-state index in [2.05, 4.69) is 4.99 Å². The average molecular weight is 233 g/mol. The quantitative estimate of drug-likeness (QED) is 0.579. The lowest BCUT2D eigenvalue weighted by Gasteiger charge is -2.13. The molecule has 0 amide bonds. The highest BCUT2D eigenvalue weighted by Gasteiger charge is 2.20. The highest BCUT2D eigenvalue weighted by molar-refractivity contribution is 6.00. The summed E-state index contributed by atoms with van der Waals surface area (Å²) in [6, 6.07) is 9.68. The number of carbonyl (C=O) groups is 1. The number of hydrogen-bond acceptors (Lipinski definition) is 3. The second-order valence-electron chi connectivity index (χ2n) is 3.92. The SMILES string of the molecule is CCC(C(=O)OCc1ccccc1)/C(C)=N/C. The Balaban J connectivity index is 2.54. The smallest absolute Gasteiger partial charge is 0.314 e. The molecule has 92 valence electrons. The maximum atomic E-state index is 11.8. The summed E-state index contributed by atoms with van der Waals surface area (Å²) in [6.45, 7) is 4.15. The molecule has 3 heteroatoms. The normalized spacial score (nSPS) is 13.2. The molecule has 3 nitrogen and oxygen atoms in total. The number of rotatable bonds is 5. The van der Waals surface area contributed by atoms with E-state index in [0.29, 0.717) is 6.61 Å². The van der Waals surface area contributed by atoms with Crippen molar-refractivity contribution in [2.45, 2.75) is 26.9 Å². The molecule has 1 rings (SSSR count). The molecule has 17 heavy (non-hydrogen) atoms. The Morgan fingerprint density at radius 3 is 2.53 bits per heavy atom. The minimum absolute atomic E-state index is 0.195. The van der Waals surface area contributed by atoms with E-state index in [4.69, 9.17) is 4.74 Å². The predicted molar refractivity (Wildman–Crippen MR) is 69.1 cm³/mol. The lowest BCUT2D eigenvalue weighted by molar-refractivity contribution is -0.147. The van der Waals surface area contributed by atoms with Crippen LogP contribution in [0.3, 0.4) is 0 Å². The Hall–Kier alpha value is -1.64. The van der Waals surface area contributed by atoms with Crippen LogP contribution in [0.2, 0.25) is 0 Å². The van der Waals surface area contributed by atoms with Crippen LogP contribution in [0, 0.1) is 5.92 Å². The molecule has 1 atom stereocenters. The molecule has 0 bridgehead atoms. The summed E-state index contributed by atoms with van der Waals surface area (Å²) in [7, 11) is 1.70. The summed E-state index contributed by atoms with van der Waals surface area (Å²) in [6.07, 6.45) is 0.719. The Bertz CT molecular complexity index is 384. The first-order chi connectivity index (χ1) is 8.19. The van der Waals surface area contributed by atoms with Gasteiger partial charge in [0.1, 0.15) is 6.61 Å². The summed E-state index contributed by atoms with van der Waals surface area (Å²) in [5, 5.41) is 0. The summed E-state index contributed by atoms with van der Waals surface area (Å²) in [5.74, 6) is -0.414. The maximum absolute atomic E-state index is 11.8. The van der Waals surface area contributed by atoms with Gasteiger partial charge in [0.15, 0.2) is 0 Å². The van der Waals surface area contributed by atoms with Gasteiger partial charge in [-0.25, -0.2) is 0 Å². The van der Waals surface area contributed by atoms with E-state index in [1.807, 2.05) is 44.2 Å². The molecule has 1 aromatic carbocycles. The standard InChI is InChI=1S/C14H19NO2/c1-4-13(11(2)15-3)14(16)17-10-12-8-6-5-7-9-12/h5-9,13H,4,10H2,1-3H3/b15-11+. The van der Waals surface area contributed by atoms with Gasteiger partial charge in [0.05, 0.1) is 5.92 Å². The Kier molecular flexibility index (Phi) is 5.40. The van der Waals surface area contributed by atoms with Crippen molar-refractivity contribution < 1.29 is 9.53 Å². The number of benzene rings is 1. The molecule has 0 radical (unpaired) electrons. The molecular formula is C14H19NO2. The van der Waals surface area contributed by atoms with Crippen molar-refractivity contribution in [3.63, 3.8) is 0 Å². The lowest BCUT2D eigenvalue weighted by atomic mass is 10.0. The van der Waals surface area contributed by atoms with Crippen LogP contribution < -0.4 is 0 Å². The van der Waals surface area contributed by atoms with E-state index in [9.17, 15) is 4.79 Å². The van der Waals surface area contributed by atoms with Crippen LogP contribution in [0.1, 0.15) is 25.8 Å². The van der Waals surface area contributed by atoms with Gasteiger partial charge in [-0.15, -0.1) is 0 Å². The fraction of sp³-hybridized carbons (Fsp3) is 0.429. The van der Waals surface area contributed by atoms with E-state index in [1.165, 1.54) is 0 Å². The molecule has 1 aromatic rings. The van der Waals surface area contributed by atoms with E-state index >= 15 is 0 Å². The van der Waals surface area contributed by atoms with Crippen molar-refractivity contribution in [3.8, 4) is 0 Å². The number of carbonyl (C=O) groups excluding carboxylic acids is 1. The Morgan fingerprint density at radius 1 is 1.35 bits per heavy atom. The molecule has 0 aliphatic carbocycles. The first-order valence-electron chi connectivity index (χ1n) is 5.82. The monoisotopic (exact) mass is 233 g/mol. The zero-order chi connectivity index (χ0) is 12.7. The second-order valence-corrected chi connectivity index (χ2v) is 3.92. The van der Waals surface area contributed by atoms with Crippen LogP contribution in [0.5, 0.6) is 0 Å². The van der Waals surface area contributed by atoms with Crippen molar-refractivity contribution in [2.24, 2.45) is 10.9 Å².